The van der Waals surface area contributed by atoms with Crippen molar-refractivity contribution in [2.24, 2.45) is 0 Å². The van der Waals surface area contributed by atoms with Gasteiger partial charge in [0.05, 0.1) is 45.1 Å². The van der Waals surface area contributed by atoms with Crippen LogP contribution in [0.3, 0.4) is 0 Å². The van der Waals surface area contributed by atoms with Crippen LogP contribution in [0.5, 0.6) is 5.75 Å². The zero-order valence-electron chi connectivity index (χ0n) is 40.5. The van der Waals surface area contributed by atoms with Crippen LogP contribution in [0, 0.1) is 0 Å². The number of anilines is 2. The number of benzene rings is 5. The van der Waals surface area contributed by atoms with Gasteiger partial charge in [0.15, 0.2) is 0 Å². The molecular formula is C54H59N7O11. The summed E-state index contributed by atoms with van der Waals surface area (Å²) < 4.78 is 28.5. The van der Waals surface area contributed by atoms with E-state index in [4.69, 9.17) is 23.7 Å². The number of likely N-dealkylation sites (tertiary alicyclic amines) is 2. The average molecular weight is 982 g/mol. The molecule has 2 fully saturated rings. The second-order valence-electron chi connectivity index (χ2n) is 17.5. The van der Waals surface area contributed by atoms with Crippen molar-refractivity contribution in [1.29, 1.82) is 0 Å². The van der Waals surface area contributed by atoms with Gasteiger partial charge in [0, 0.05) is 48.9 Å². The number of hydrogen-bond donors (Lipinski definition) is 4. The number of rotatable bonds is 19. The summed E-state index contributed by atoms with van der Waals surface area (Å²) in [6, 6.07) is 32.9. The van der Waals surface area contributed by atoms with Crippen LogP contribution in [0.2, 0.25) is 0 Å². The molecule has 72 heavy (non-hydrogen) atoms. The summed E-state index contributed by atoms with van der Waals surface area (Å²) in [6.07, 6.45) is 0.501. The Kier molecular flexibility index (Phi) is 16.6. The Morgan fingerprint density at radius 3 is 1.56 bits per heavy atom. The van der Waals surface area contributed by atoms with Crippen LogP contribution in [-0.4, -0.2) is 123 Å². The van der Waals surface area contributed by atoms with Crippen molar-refractivity contribution in [3.63, 3.8) is 0 Å². The van der Waals surface area contributed by atoms with E-state index in [-0.39, 0.29) is 11.8 Å². The van der Waals surface area contributed by atoms with E-state index in [1.54, 1.807) is 55.6 Å². The van der Waals surface area contributed by atoms with Crippen molar-refractivity contribution < 1.29 is 52.5 Å². The Morgan fingerprint density at radius 2 is 1.07 bits per heavy atom. The SMILES string of the molecule is COCCOCCOc1cccc(Cn2c3cc(NC(=O)[C@@H]4CCCN4C(=O)[C@H](NC(=O)OC)c4ccccc4)ccc3c3ccc(NC(=O)[C@@H]4CCCN4C(=O)[C@H](NC(=O)OC)c4ccccc4)cc32)c1. The van der Waals surface area contributed by atoms with Crippen LogP contribution in [0.4, 0.5) is 21.0 Å². The highest BCUT2D eigenvalue weighted by atomic mass is 16.5. The fourth-order valence-corrected chi connectivity index (χ4v) is 9.41. The van der Waals surface area contributed by atoms with Crippen LogP contribution >= 0.6 is 0 Å². The molecule has 376 valence electrons. The minimum atomic E-state index is -1.06. The first-order valence-electron chi connectivity index (χ1n) is 23.9. The maximum atomic E-state index is 14.2. The van der Waals surface area contributed by atoms with Crippen molar-refractivity contribution in [2.45, 2.75) is 56.4 Å². The third-order valence-electron chi connectivity index (χ3n) is 12.9. The molecule has 1 aromatic heterocycles. The maximum Gasteiger partial charge on any atom is 0.407 e. The second-order valence-corrected chi connectivity index (χ2v) is 17.5. The predicted octanol–water partition coefficient (Wildman–Crippen LogP) is 6.94. The number of alkyl carbamates (subject to hydrolysis) is 2. The molecular weight excluding hydrogens is 923 g/mol. The smallest absolute Gasteiger partial charge is 0.407 e. The quantitative estimate of drug-likeness (QED) is 0.0612. The standard InChI is InChI=1S/C54H59N7O11/c1-68-27-28-71-29-30-72-40-18-10-13-35(31-40)34-61-45-32-38(55-49(62)43-19-11-25-59(43)51(64)47(57-53(66)69-2)36-14-6-4-7-15-36)21-23-41(45)42-24-22-39(33-46(42)61)56-50(63)44-20-12-26-60(44)52(65)48(58-54(67)70-3)37-16-8-5-9-17-37/h4-10,13-18,21-24,31-33,43-44,47-48H,11-12,19-20,25-30,34H2,1-3H3,(H,55,62)(H,56,63)(H,57,66)(H,58,67)/t43-,44-,47+,48+/m0/s1. The lowest BCUT2D eigenvalue weighted by Gasteiger charge is -2.28. The molecule has 18 heteroatoms. The number of amides is 6. The Morgan fingerprint density at radius 1 is 0.569 bits per heavy atom. The largest absolute Gasteiger partial charge is 0.491 e. The zero-order chi connectivity index (χ0) is 50.6. The first kappa shape index (κ1) is 50.4. The van der Waals surface area contributed by atoms with Crippen molar-refractivity contribution in [2.75, 3.05) is 71.5 Å². The van der Waals surface area contributed by atoms with Crippen LogP contribution in [0.25, 0.3) is 21.8 Å². The van der Waals surface area contributed by atoms with E-state index >= 15 is 0 Å². The summed E-state index contributed by atoms with van der Waals surface area (Å²) in [5, 5.41) is 13.2. The van der Waals surface area contributed by atoms with Gasteiger partial charge in [-0.3, -0.25) is 19.2 Å². The maximum absolute atomic E-state index is 14.2. The number of aromatic nitrogens is 1. The second kappa shape index (κ2) is 23.8. The van der Waals surface area contributed by atoms with Crippen molar-refractivity contribution in [3.05, 3.63) is 138 Å². The summed E-state index contributed by atoms with van der Waals surface area (Å²) in [5.74, 6) is -0.935. The number of fused-ring (bicyclic) bond motifs is 3. The number of nitrogens with one attached hydrogen (secondary N) is 4. The number of nitrogens with zero attached hydrogens (tertiary/aromatic N) is 3. The summed E-state index contributed by atoms with van der Waals surface area (Å²) in [4.78, 5) is 84.5. The fourth-order valence-electron chi connectivity index (χ4n) is 9.41. The number of hydrogen-bond acceptors (Lipinski definition) is 11. The average Bonchev–Trinajstić information content (AvgIpc) is 4.18. The van der Waals surface area contributed by atoms with Crippen molar-refractivity contribution >= 4 is 69.0 Å². The predicted molar refractivity (Wildman–Crippen MR) is 269 cm³/mol. The fraction of sp³-hybridized carbons (Fsp3) is 0.333. The lowest BCUT2D eigenvalue weighted by Crippen LogP contribution is -2.48. The molecule has 0 bridgehead atoms. The highest BCUT2D eigenvalue weighted by molar-refractivity contribution is 6.11. The van der Waals surface area contributed by atoms with E-state index in [1.807, 2.05) is 72.8 Å². The molecule has 0 radical (unpaired) electrons. The van der Waals surface area contributed by atoms with E-state index in [0.29, 0.717) is 100.0 Å². The van der Waals surface area contributed by atoms with E-state index in [9.17, 15) is 28.8 Å². The van der Waals surface area contributed by atoms with Crippen molar-refractivity contribution in [1.82, 2.24) is 25.0 Å². The Bertz CT molecular complexity index is 2730. The molecule has 0 aliphatic carbocycles. The van der Waals surface area contributed by atoms with Gasteiger partial charge in [0.1, 0.15) is 36.5 Å². The van der Waals surface area contributed by atoms with Crippen LogP contribution in [-0.2, 0) is 44.7 Å². The topological polar surface area (TPSA) is 208 Å². The third kappa shape index (κ3) is 11.8. The summed E-state index contributed by atoms with van der Waals surface area (Å²) in [7, 11) is 4.07. The first-order chi connectivity index (χ1) is 35.1. The molecule has 4 atom stereocenters. The van der Waals surface area contributed by atoms with Gasteiger partial charge in [0.25, 0.3) is 11.8 Å². The highest BCUT2D eigenvalue weighted by Gasteiger charge is 2.40. The minimum Gasteiger partial charge on any atom is -0.491 e. The van der Waals surface area contributed by atoms with Crippen LogP contribution < -0.4 is 26.0 Å². The van der Waals surface area contributed by atoms with Gasteiger partial charge >= 0.3 is 12.2 Å². The third-order valence-corrected chi connectivity index (χ3v) is 12.9. The molecule has 2 aliphatic heterocycles. The molecule has 6 amide bonds. The zero-order valence-corrected chi connectivity index (χ0v) is 40.5. The van der Waals surface area contributed by atoms with Gasteiger partial charge in [0.2, 0.25) is 11.8 Å². The van der Waals surface area contributed by atoms with Gasteiger partial charge in [-0.1, -0.05) is 84.9 Å². The van der Waals surface area contributed by atoms with Crippen LogP contribution in [0.1, 0.15) is 54.5 Å². The molecule has 0 saturated carbocycles. The normalized spacial score (nSPS) is 16.2. The minimum absolute atomic E-state index is 0.328. The number of methoxy groups -OCH3 is 3. The molecule has 4 N–H and O–H groups in total. The Labute approximate surface area is 416 Å². The van der Waals surface area contributed by atoms with E-state index in [1.165, 1.54) is 24.0 Å². The Balaban J connectivity index is 1.07. The van der Waals surface area contributed by atoms with E-state index in [2.05, 4.69) is 25.8 Å². The number of ether oxygens (including phenoxy) is 5. The lowest BCUT2D eigenvalue weighted by molar-refractivity contribution is -0.138. The van der Waals surface area contributed by atoms with Gasteiger partial charge < -0.3 is 59.3 Å². The van der Waals surface area contributed by atoms with Crippen molar-refractivity contribution in [3.8, 4) is 5.75 Å². The monoisotopic (exact) mass is 981 g/mol. The molecule has 6 aromatic rings. The molecule has 2 aliphatic rings. The molecule has 2 saturated heterocycles. The molecule has 18 nitrogen and oxygen atoms in total. The van der Waals surface area contributed by atoms with E-state index in [0.717, 1.165) is 27.4 Å². The highest BCUT2D eigenvalue weighted by Crippen LogP contribution is 2.35. The first-order valence-corrected chi connectivity index (χ1v) is 23.9. The van der Waals surface area contributed by atoms with Crippen LogP contribution in [0.15, 0.2) is 121 Å². The van der Waals surface area contributed by atoms with E-state index < -0.39 is 48.2 Å². The molecule has 0 unspecified atom stereocenters. The summed E-state index contributed by atoms with van der Waals surface area (Å²) in [5.41, 5.74) is 4.61. The van der Waals surface area contributed by atoms with Gasteiger partial charge in [-0.25, -0.2) is 9.59 Å². The molecule has 0 spiro atoms. The van der Waals surface area contributed by atoms with Gasteiger partial charge in [-0.15, -0.1) is 0 Å². The molecule has 3 heterocycles. The lowest BCUT2D eigenvalue weighted by atomic mass is 10.0. The number of carbonyl (C=O) groups is 6. The summed E-state index contributed by atoms with van der Waals surface area (Å²) >= 11 is 0. The molecule has 5 aromatic carbocycles. The van der Waals surface area contributed by atoms with Gasteiger partial charge in [-0.2, -0.15) is 0 Å². The summed E-state index contributed by atoms with van der Waals surface area (Å²) in [6.45, 7) is 2.70. The van der Waals surface area contributed by atoms with Gasteiger partial charge in [-0.05, 0) is 78.8 Å². The Hall–Kier alpha value is -7.96. The molecule has 8 rings (SSSR count). The number of carbonyl (C=O) groups excluding carboxylic acids is 6.